The van der Waals surface area contributed by atoms with Gasteiger partial charge in [-0.3, -0.25) is 24.1 Å². The molecule has 1 heterocycles. The van der Waals surface area contributed by atoms with E-state index in [0.29, 0.717) is 43.7 Å². The summed E-state index contributed by atoms with van der Waals surface area (Å²) < 4.78 is 0. The first kappa shape index (κ1) is 18.8. The van der Waals surface area contributed by atoms with E-state index in [1.165, 1.54) is 17.1 Å². The second kappa shape index (κ2) is 8.55. The van der Waals surface area contributed by atoms with Gasteiger partial charge in [-0.1, -0.05) is 6.92 Å². The minimum atomic E-state index is -0.593. The highest BCUT2D eigenvalue weighted by Gasteiger charge is 2.33. The van der Waals surface area contributed by atoms with Crippen molar-refractivity contribution in [3.63, 3.8) is 0 Å². The Hall–Kier alpha value is -2.51. The van der Waals surface area contributed by atoms with E-state index in [1.54, 1.807) is 6.92 Å². The molecule has 0 spiro atoms. The van der Waals surface area contributed by atoms with E-state index in [1.807, 2.05) is 0 Å². The molecule has 0 radical (unpaired) electrons. The fourth-order valence-corrected chi connectivity index (χ4v) is 3.08. The van der Waals surface area contributed by atoms with Crippen molar-refractivity contribution in [1.82, 2.24) is 9.96 Å². The number of hydroxylamine groups is 2. The van der Waals surface area contributed by atoms with Gasteiger partial charge >= 0.3 is 5.97 Å². The van der Waals surface area contributed by atoms with Crippen LogP contribution >= 0.6 is 0 Å². The van der Waals surface area contributed by atoms with Gasteiger partial charge in [-0.2, -0.15) is 0 Å². The van der Waals surface area contributed by atoms with Crippen LogP contribution in [0.3, 0.4) is 0 Å². The number of hydrogen-bond donors (Lipinski definition) is 0. The molecule has 2 aliphatic rings. The molecule has 0 N–H and O–H groups in total. The van der Waals surface area contributed by atoms with E-state index in [-0.39, 0.29) is 30.6 Å². The Balaban J connectivity index is 1.80. The van der Waals surface area contributed by atoms with Crippen molar-refractivity contribution >= 4 is 30.1 Å². The number of hydrogen-bond acceptors (Lipinski definition) is 6. The molecule has 0 aromatic carbocycles. The maximum absolute atomic E-state index is 12.1. The van der Waals surface area contributed by atoms with Crippen LogP contribution in [0.5, 0.6) is 0 Å². The highest BCUT2D eigenvalue weighted by atomic mass is 16.7. The molecule has 25 heavy (non-hydrogen) atoms. The van der Waals surface area contributed by atoms with E-state index < -0.39 is 17.8 Å². The molecule has 1 saturated carbocycles. The molecule has 8 nitrogen and oxygen atoms in total. The molecule has 4 amide bonds. The molecule has 1 aliphatic carbocycles. The number of amides is 4. The van der Waals surface area contributed by atoms with Gasteiger partial charge in [0.25, 0.3) is 24.1 Å². The number of rotatable bonds is 6. The lowest BCUT2D eigenvalue weighted by Gasteiger charge is -2.29. The molecule has 8 heteroatoms. The summed E-state index contributed by atoms with van der Waals surface area (Å²) in [4.78, 5) is 63.9. The topological polar surface area (TPSA) is 101 Å². The predicted molar refractivity (Wildman–Crippen MR) is 85.2 cm³/mol. The van der Waals surface area contributed by atoms with Crippen LogP contribution in [-0.2, 0) is 28.8 Å². The minimum Gasteiger partial charge on any atom is -0.330 e. The van der Waals surface area contributed by atoms with Crippen molar-refractivity contribution < 1.29 is 28.8 Å². The Kier molecular flexibility index (Phi) is 6.44. The SMILES string of the molecule is CCCC(=O)N(C=O)OC(=O)C1CCC(CN2C(=O)C=CC2=O)CC1. The van der Waals surface area contributed by atoms with Gasteiger partial charge in [0.1, 0.15) is 0 Å². The molecule has 1 fully saturated rings. The molecule has 0 unspecified atom stereocenters. The standard InChI is InChI=1S/C17H22N2O6/c1-2-3-16(23)19(11-20)25-17(24)13-6-4-12(5-7-13)10-18-14(21)8-9-15(18)22/h8-9,11-13H,2-7,10H2,1H3. The van der Waals surface area contributed by atoms with Gasteiger partial charge in [-0.25, -0.2) is 4.79 Å². The molecule has 0 aromatic heterocycles. The van der Waals surface area contributed by atoms with Crippen LogP contribution in [0.4, 0.5) is 0 Å². The zero-order valence-electron chi connectivity index (χ0n) is 14.2. The fraction of sp³-hybridized carbons (Fsp3) is 0.588. The van der Waals surface area contributed by atoms with Gasteiger partial charge in [-0.15, -0.1) is 5.06 Å². The van der Waals surface area contributed by atoms with Crippen molar-refractivity contribution in [3.05, 3.63) is 12.2 Å². The third-order valence-corrected chi connectivity index (χ3v) is 4.52. The average Bonchev–Trinajstić information content (AvgIpc) is 2.92. The first-order valence-corrected chi connectivity index (χ1v) is 8.49. The second-order valence-corrected chi connectivity index (χ2v) is 6.32. The van der Waals surface area contributed by atoms with E-state index >= 15 is 0 Å². The quantitative estimate of drug-likeness (QED) is 0.402. The highest BCUT2D eigenvalue weighted by molar-refractivity contribution is 6.12. The lowest BCUT2D eigenvalue weighted by molar-refractivity contribution is -0.200. The van der Waals surface area contributed by atoms with Crippen LogP contribution in [0.2, 0.25) is 0 Å². The van der Waals surface area contributed by atoms with E-state index in [0.717, 1.165) is 0 Å². The van der Waals surface area contributed by atoms with Gasteiger partial charge in [0, 0.05) is 25.1 Å². The zero-order chi connectivity index (χ0) is 18.4. The number of nitrogens with zero attached hydrogens (tertiary/aromatic N) is 2. The average molecular weight is 350 g/mol. The lowest BCUT2D eigenvalue weighted by atomic mass is 9.82. The van der Waals surface area contributed by atoms with Crippen LogP contribution in [0.25, 0.3) is 0 Å². The van der Waals surface area contributed by atoms with E-state index in [9.17, 15) is 24.0 Å². The first-order valence-electron chi connectivity index (χ1n) is 8.49. The summed E-state index contributed by atoms with van der Waals surface area (Å²) >= 11 is 0. The summed E-state index contributed by atoms with van der Waals surface area (Å²) in [5.41, 5.74) is 0. The second-order valence-electron chi connectivity index (χ2n) is 6.32. The molecule has 136 valence electrons. The largest absolute Gasteiger partial charge is 0.336 e. The maximum Gasteiger partial charge on any atom is 0.336 e. The molecule has 1 aliphatic heterocycles. The summed E-state index contributed by atoms with van der Waals surface area (Å²) in [7, 11) is 0. The van der Waals surface area contributed by atoms with Crippen LogP contribution in [0, 0.1) is 11.8 Å². The van der Waals surface area contributed by atoms with Crippen molar-refractivity contribution in [2.45, 2.75) is 45.4 Å². The Morgan fingerprint density at radius 3 is 2.32 bits per heavy atom. The lowest BCUT2D eigenvalue weighted by Crippen LogP contribution is -2.38. The Morgan fingerprint density at radius 2 is 1.80 bits per heavy atom. The maximum atomic E-state index is 12.1. The van der Waals surface area contributed by atoms with Gasteiger partial charge in [-0.05, 0) is 38.0 Å². The Bertz CT molecular complexity index is 574. The number of carbonyl (C=O) groups excluding carboxylic acids is 5. The van der Waals surface area contributed by atoms with E-state index in [4.69, 9.17) is 4.84 Å². The molecule has 0 bridgehead atoms. The van der Waals surface area contributed by atoms with Crippen molar-refractivity contribution in [2.24, 2.45) is 11.8 Å². The first-order chi connectivity index (χ1) is 12.0. The van der Waals surface area contributed by atoms with Crippen molar-refractivity contribution in [1.29, 1.82) is 0 Å². The van der Waals surface area contributed by atoms with Gasteiger partial charge < -0.3 is 4.84 Å². The Morgan fingerprint density at radius 1 is 1.20 bits per heavy atom. The minimum absolute atomic E-state index is 0.130. The van der Waals surface area contributed by atoms with Crippen LogP contribution in [-0.4, -0.2) is 46.6 Å². The van der Waals surface area contributed by atoms with Gasteiger partial charge in [0.05, 0.1) is 5.92 Å². The fourth-order valence-electron chi connectivity index (χ4n) is 3.08. The summed E-state index contributed by atoms with van der Waals surface area (Å²) in [6.07, 6.45) is 5.79. The monoisotopic (exact) mass is 350 g/mol. The number of imide groups is 2. The van der Waals surface area contributed by atoms with E-state index in [2.05, 4.69) is 0 Å². The molecule has 0 saturated heterocycles. The normalized spacial score (nSPS) is 22.8. The molecule has 0 aromatic rings. The zero-order valence-corrected chi connectivity index (χ0v) is 14.2. The molecule has 2 rings (SSSR count). The van der Waals surface area contributed by atoms with Gasteiger partial charge in [0.15, 0.2) is 0 Å². The van der Waals surface area contributed by atoms with Crippen LogP contribution in [0.15, 0.2) is 12.2 Å². The molecular weight excluding hydrogens is 328 g/mol. The van der Waals surface area contributed by atoms with Crippen LogP contribution in [0.1, 0.15) is 45.4 Å². The third-order valence-electron chi connectivity index (χ3n) is 4.52. The predicted octanol–water partition coefficient (Wildman–Crippen LogP) is 0.961. The summed E-state index contributed by atoms with van der Waals surface area (Å²) in [5.74, 6) is -2.00. The summed E-state index contributed by atoms with van der Waals surface area (Å²) in [6, 6.07) is 0. The third kappa shape index (κ3) is 4.74. The Labute approximate surface area is 145 Å². The van der Waals surface area contributed by atoms with Crippen LogP contribution < -0.4 is 0 Å². The smallest absolute Gasteiger partial charge is 0.330 e. The summed E-state index contributed by atoms with van der Waals surface area (Å²) in [6.45, 7) is 2.14. The number of carbonyl (C=O) groups is 5. The van der Waals surface area contributed by atoms with Gasteiger partial charge in [0.2, 0.25) is 0 Å². The van der Waals surface area contributed by atoms with Crippen molar-refractivity contribution in [2.75, 3.05) is 6.54 Å². The molecular formula is C17H22N2O6. The molecule has 0 atom stereocenters. The van der Waals surface area contributed by atoms with Crippen molar-refractivity contribution in [3.8, 4) is 0 Å². The highest BCUT2D eigenvalue weighted by Crippen LogP contribution is 2.31. The summed E-state index contributed by atoms with van der Waals surface area (Å²) in [5, 5.41) is 0.463.